The minimum absolute atomic E-state index is 0.0383. The first-order valence-electron chi connectivity index (χ1n) is 8.71. The van der Waals surface area contributed by atoms with Gasteiger partial charge in [0.05, 0.1) is 0 Å². The van der Waals surface area contributed by atoms with E-state index in [1.807, 2.05) is 30.4 Å². The van der Waals surface area contributed by atoms with Crippen molar-refractivity contribution in [2.24, 2.45) is 7.05 Å². The van der Waals surface area contributed by atoms with E-state index in [1.165, 1.54) is 0 Å². The van der Waals surface area contributed by atoms with Crippen LogP contribution in [0.3, 0.4) is 0 Å². The highest BCUT2D eigenvalue weighted by atomic mass is 16.5. The molecule has 9 heteroatoms. The van der Waals surface area contributed by atoms with Gasteiger partial charge in [0, 0.05) is 38.8 Å². The van der Waals surface area contributed by atoms with Gasteiger partial charge < -0.3 is 24.2 Å². The van der Waals surface area contributed by atoms with Gasteiger partial charge in [-0.1, -0.05) is 0 Å². The molecule has 0 saturated carbocycles. The second-order valence-corrected chi connectivity index (χ2v) is 6.64. The van der Waals surface area contributed by atoms with Crippen molar-refractivity contribution >= 4 is 17.8 Å². The summed E-state index contributed by atoms with van der Waals surface area (Å²) >= 11 is 0. The Labute approximate surface area is 157 Å². The lowest BCUT2D eigenvalue weighted by atomic mass is 10.0. The van der Waals surface area contributed by atoms with Gasteiger partial charge in [0.15, 0.2) is 6.61 Å². The molecule has 0 bridgehead atoms. The molecule has 9 nitrogen and oxygen atoms in total. The third-order valence-electron chi connectivity index (χ3n) is 4.58. The van der Waals surface area contributed by atoms with Crippen molar-refractivity contribution < 1.29 is 19.4 Å². The van der Waals surface area contributed by atoms with Gasteiger partial charge >= 0.3 is 5.97 Å². The van der Waals surface area contributed by atoms with Crippen molar-refractivity contribution in [3.8, 4) is 5.75 Å². The highest BCUT2D eigenvalue weighted by Gasteiger charge is 2.25. The Hall–Kier alpha value is -3.10. The molecule has 144 valence electrons. The van der Waals surface area contributed by atoms with Crippen LogP contribution in [0.2, 0.25) is 0 Å². The van der Waals surface area contributed by atoms with E-state index >= 15 is 0 Å². The molecular formula is C18H23N5O4. The number of carboxylic acids is 1. The minimum Gasteiger partial charge on any atom is -0.481 e. The van der Waals surface area contributed by atoms with Gasteiger partial charge in [0.25, 0.3) is 5.91 Å². The van der Waals surface area contributed by atoms with E-state index in [0.29, 0.717) is 37.5 Å². The predicted octanol–water partition coefficient (Wildman–Crippen LogP) is 0.858. The SMILES string of the molecule is Cc1cc(C(=O)N2CCN(c3nncn3C)CC2)cc(C)c1OCC(=O)O. The monoisotopic (exact) mass is 373 g/mol. The van der Waals surface area contributed by atoms with Crippen LogP contribution in [0.4, 0.5) is 5.95 Å². The van der Waals surface area contributed by atoms with Crippen LogP contribution < -0.4 is 9.64 Å². The fraction of sp³-hybridized carbons (Fsp3) is 0.444. The standard InChI is InChI=1S/C18H23N5O4/c1-12-8-14(9-13(2)16(12)27-10-15(24)25)17(26)22-4-6-23(7-5-22)18-20-19-11-21(18)3/h8-9,11H,4-7,10H2,1-3H3,(H,24,25). The number of piperazine rings is 1. The number of aromatic nitrogens is 3. The number of nitrogens with zero attached hydrogens (tertiary/aromatic N) is 5. The summed E-state index contributed by atoms with van der Waals surface area (Å²) in [6.45, 7) is 5.80. The average Bonchev–Trinajstić information content (AvgIpc) is 3.06. The van der Waals surface area contributed by atoms with Crippen molar-refractivity contribution in [3.05, 3.63) is 35.2 Å². The number of hydrogen-bond donors (Lipinski definition) is 1. The number of amides is 1. The van der Waals surface area contributed by atoms with E-state index in [-0.39, 0.29) is 5.91 Å². The molecule has 1 fully saturated rings. The molecule has 0 unspecified atom stereocenters. The molecule has 1 aliphatic rings. The van der Waals surface area contributed by atoms with Gasteiger partial charge in [0.1, 0.15) is 12.1 Å². The maximum absolute atomic E-state index is 12.9. The topological polar surface area (TPSA) is 101 Å². The maximum Gasteiger partial charge on any atom is 0.341 e. The Morgan fingerprint density at radius 2 is 1.78 bits per heavy atom. The number of carboxylic acid groups (broad SMARTS) is 1. The summed E-state index contributed by atoms with van der Waals surface area (Å²) in [4.78, 5) is 27.5. The number of benzene rings is 1. The number of carbonyl (C=O) groups excluding carboxylic acids is 1. The number of aliphatic carboxylic acids is 1. The summed E-state index contributed by atoms with van der Waals surface area (Å²) in [6, 6.07) is 3.50. The number of anilines is 1. The Morgan fingerprint density at radius 3 is 2.30 bits per heavy atom. The molecule has 1 aromatic heterocycles. The molecule has 1 amide bonds. The fourth-order valence-corrected chi connectivity index (χ4v) is 3.29. The van der Waals surface area contributed by atoms with Gasteiger partial charge in [-0.3, -0.25) is 4.79 Å². The van der Waals surface area contributed by atoms with Crippen molar-refractivity contribution in [1.29, 1.82) is 0 Å². The van der Waals surface area contributed by atoms with E-state index in [9.17, 15) is 9.59 Å². The third kappa shape index (κ3) is 4.02. The van der Waals surface area contributed by atoms with Crippen LogP contribution in [0.1, 0.15) is 21.5 Å². The highest BCUT2D eigenvalue weighted by molar-refractivity contribution is 5.95. The zero-order valence-electron chi connectivity index (χ0n) is 15.7. The number of carbonyl (C=O) groups is 2. The van der Waals surface area contributed by atoms with Crippen LogP contribution >= 0.6 is 0 Å². The number of ether oxygens (including phenoxy) is 1. The fourth-order valence-electron chi connectivity index (χ4n) is 3.29. The molecule has 27 heavy (non-hydrogen) atoms. The first-order valence-corrected chi connectivity index (χ1v) is 8.71. The second kappa shape index (κ2) is 7.65. The van der Waals surface area contributed by atoms with E-state index in [1.54, 1.807) is 18.5 Å². The number of rotatable bonds is 5. The normalized spacial score (nSPS) is 14.3. The lowest BCUT2D eigenvalue weighted by Gasteiger charge is -2.35. The van der Waals surface area contributed by atoms with Gasteiger partial charge in [-0.25, -0.2) is 4.79 Å². The second-order valence-electron chi connectivity index (χ2n) is 6.64. The summed E-state index contributed by atoms with van der Waals surface area (Å²) in [5, 5.41) is 16.8. The average molecular weight is 373 g/mol. The molecule has 3 rings (SSSR count). The zero-order valence-corrected chi connectivity index (χ0v) is 15.7. The first kappa shape index (κ1) is 18.7. The van der Waals surface area contributed by atoms with Crippen molar-refractivity contribution in [3.63, 3.8) is 0 Å². The minimum atomic E-state index is -1.03. The Balaban J connectivity index is 1.68. The lowest BCUT2D eigenvalue weighted by molar-refractivity contribution is -0.139. The summed E-state index contributed by atoms with van der Waals surface area (Å²) in [5.74, 6) is 0.244. The van der Waals surface area contributed by atoms with Crippen molar-refractivity contribution in [2.75, 3.05) is 37.7 Å². The highest BCUT2D eigenvalue weighted by Crippen LogP contribution is 2.26. The summed E-state index contributed by atoms with van der Waals surface area (Å²) in [7, 11) is 1.90. The largest absolute Gasteiger partial charge is 0.481 e. The molecule has 2 aromatic rings. The van der Waals surface area contributed by atoms with Crippen LogP contribution in [0.25, 0.3) is 0 Å². The molecule has 0 radical (unpaired) electrons. The maximum atomic E-state index is 12.9. The molecule has 1 N–H and O–H groups in total. The van der Waals surface area contributed by atoms with Crippen molar-refractivity contribution in [2.45, 2.75) is 13.8 Å². The van der Waals surface area contributed by atoms with Gasteiger partial charge in [0.2, 0.25) is 5.95 Å². The van der Waals surface area contributed by atoms with Crippen LogP contribution in [0, 0.1) is 13.8 Å². The molecule has 1 saturated heterocycles. The first-order chi connectivity index (χ1) is 12.9. The van der Waals surface area contributed by atoms with Crippen LogP contribution in [0.5, 0.6) is 5.75 Å². The van der Waals surface area contributed by atoms with E-state index in [0.717, 1.165) is 17.1 Å². The van der Waals surface area contributed by atoms with E-state index in [2.05, 4.69) is 15.1 Å². The summed E-state index contributed by atoms with van der Waals surface area (Å²) in [6.07, 6.45) is 1.66. The molecule has 0 spiro atoms. The number of aryl methyl sites for hydroxylation is 3. The van der Waals surface area contributed by atoms with Gasteiger partial charge in [-0.15, -0.1) is 10.2 Å². The lowest BCUT2D eigenvalue weighted by Crippen LogP contribution is -2.49. The van der Waals surface area contributed by atoms with Gasteiger partial charge in [-0.2, -0.15) is 0 Å². The van der Waals surface area contributed by atoms with Crippen LogP contribution in [-0.2, 0) is 11.8 Å². The summed E-state index contributed by atoms with van der Waals surface area (Å²) < 4.78 is 7.19. The van der Waals surface area contributed by atoms with E-state index < -0.39 is 12.6 Å². The Morgan fingerprint density at radius 1 is 1.15 bits per heavy atom. The molecule has 0 aliphatic carbocycles. The molecule has 1 aromatic carbocycles. The number of hydrogen-bond acceptors (Lipinski definition) is 6. The van der Waals surface area contributed by atoms with Crippen LogP contribution in [0.15, 0.2) is 18.5 Å². The molecule has 0 atom stereocenters. The van der Waals surface area contributed by atoms with Crippen LogP contribution in [-0.4, -0.2) is 69.4 Å². The Kier molecular flexibility index (Phi) is 5.29. The van der Waals surface area contributed by atoms with E-state index in [4.69, 9.17) is 9.84 Å². The zero-order chi connectivity index (χ0) is 19.6. The third-order valence-corrected chi connectivity index (χ3v) is 4.58. The summed E-state index contributed by atoms with van der Waals surface area (Å²) in [5.41, 5.74) is 2.08. The predicted molar refractivity (Wildman–Crippen MR) is 98.2 cm³/mol. The quantitative estimate of drug-likeness (QED) is 0.829. The molecule has 1 aliphatic heterocycles. The Bertz CT molecular complexity index is 832. The molecular weight excluding hydrogens is 350 g/mol. The van der Waals surface area contributed by atoms with Crippen molar-refractivity contribution in [1.82, 2.24) is 19.7 Å². The smallest absolute Gasteiger partial charge is 0.341 e. The molecule has 2 heterocycles. The van der Waals surface area contributed by atoms with Gasteiger partial charge in [-0.05, 0) is 37.1 Å².